The Labute approximate surface area is 81.9 Å². The molecule has 0 rings (SSSR count). The Morgan fingerprint density at radius 1 is 1.00 bits per heavy atom. The van der Waals surface area contributed by atoms with E-state index in [-0.39, 0.29) is 0 Å². The van der Waals surface area contributed by atoms with Crippen molar-refractivity contribution in [1.82, 2.24) is 0 Å². The summed E-state index contributed by atoms with van der Waals surface area (Å²) in [5.74, 6) is 0. The average molecular weight is 186 g/mol. The van der Waals surface area contributed by atoms with Crippen molar-refractivity contribution in [3.63, 3.8) is 0 Å². The van der Waals surface area contributed by atoms with Gasteiger partial charge in [0.1, 0.15) is 0 Å². The molecule has 0 aliphatic carbocycles. The number of ether oxygens (including phenoxy) is 2. The lowest BCUT2D eigenvalue weighted by molar-refractivity contribution is 0.156. The Bertz CT molecular complexity index is 102. The van der Waals surface area contributed by atoms with Gasteiger partial charge in [0.25, 0.3) is 0 Å². The standard InChI is InChI=1S/C11H22O2/c1-3-9-13-11-8-6-4-5-7-10-12-2/h3H,1,4-11H2,2H3. The maximum absolute atomic E-state index is 5.27. The molecule has 0 unspecified atom stereocenters. The highest BCUT2D eigenvalue weighted by molar-refractivity contribution is 4.63. The van der Waals surface area contributed by atoms with E-state index >= 15 is 0 Å². The van der Waals surface area contributed by atoms with Crippen LogP contribution >= 0.6 is 0 Å². The maximum Gasteiger partial charge on any atom is 0.0644 e. The summed E-state index contributed by atoms with van der Waals surface area (Å²) in [6.45, 7) is 6.04. The summed E-state index contributed by atoms with van der Waals surface area (Å²) in [4.78, 5) is 0. The third kappa shape index (κ3) is 11.7. The molecule has 2 heteroatoms. The fourth-order valence-corrected chi connectivity index (χ4v) is 1.15. The first-order valence-electron chi connectivity index (χ1n) is 5.09. The molecule has 0 spiro atoms. The van der Waals surface area contributed by atoms with Crippen LogP contribution < -0.4 is 0 Å². The Balaban J connectivity index is 2.79. The minimum Gasteiger partial charge on any atom is -0.385 e. The van der Waals surface area contributed by atoms with Gasteiger partial charge in [-0.25, -0.2) is 0 Å². The molecule has 78 valence electrons. The Hall–Kier alpha value is -0.340. The molecule has 0 atom stereocenters. The number of hydrogen-bond acceptors (Lipinski definition) is 2. The summed E-state index contributed by atoms with van der Waals surface area (Å²) in [5.41, 5.74) is 0. The van der Waals surface area contributed by atoms with Crippen molar-refractivity contribution in [1.29, 1.82) is 0 Å². The predicted molar refractivity (Wildman–Crippen MR) is 56.0 cm³/mol. The summed E-state index contributed by atoms with van der Waals surface area (Å²) >= 11 is 0. The smallest absolute Gasteiger partial charge is 0.0644 e. The van der Waals surface area contributed by atoms with Gasteiger partial charge >= 0.3 is 0 Å². The molecule has 13 heavy (non-hydrogen) atoms. The van der Waals surface area contributed by atoms with Crippen LogP contribution in [0.5, 0.6) is 0 Å². The quantitative estimate of drug-likeness (QED) is 0.386. The van der Waals surface area contributed by atoms with Crippen LogP contribution in [0.3, 0.4) is 0 Å². The molecule has 0 N–H and O–H groups in total. The van der Waals surface area contributed by atoms with Crippen LogP contribution in [-0.2, 0) is 9.47 Å². The Morgan fingerprint density at radius 2 is 1.62 bits per heavy atom. The number of rotatable bonds is 10. The lowest BCUT2D eigenvalue weighted by atomic mass is 10.1. The van der Waals surface area contributed by atoms with Crippen molar-refractivity contribution in [3.8, 4) is 0 Å². The van der Waals surface area contributed by atoms with E-state index in [4.69, 9.17) is 9.47 Å². The topological polar surface area (TPSA) is 18.5 Å². The normalized spacial score (nSPS) is 10.2. The predicted octanol–water partition coefficient (Wildman–Crippen LogP) is 2.79. The summed E-state index contributed by atoms with van der Waals surface area (Å²) in [6.07, 6.45) is 7.97. The van der Waals surface area contributed by atoms with Crippen molar-refractivity contribution >= 4 is 0 Å². The van der Waals surface area contributed by atoms with E-state index in [2.05, 4.69) is 6.58 Å². The first-order chi connectivity index (χ1) is 6.41. The largest absolute Gasteiger partial charge is 0.385 e. The SMILES string of the molecule is C=CCOCCCCCCCOC. The van der Waals surface area contributed by atoms with Gasteiger partial charge in [-0.3, -0.25) is 0 Å². The molecule has 0 aliphatic rings. The highest BCUT2D eigenvalue weighted by Crippen LogP contribution is 2.02. The van der Waals surface area contributed by atoms with E-state index in [0.717, 1.165) is 13.2 Å². The minimum atomic E-state index is 0.684. The van der Waals surface area contributed by atoms with Crippen LogP contribution in [0.1, 0.15) is 32.1 Å². The third-order valence-corrected chi connectivity index (χ3v) is 1.87. The van der Waals surface area contributed by atoms with Crippen LogP contribution in [-0.4, -0.2) is 26.9 Å². The molecular weight excluding hydrogens is 164 g/mol. The van der Waals surface area contributed by atoms with Gasteiger partial charge in [-0.2, -0.15) is 0 Å². The summed E-state index contributed by atoms with van der Waals surface area (Å²) in [6, 6.07) is 0. The van der Waals surface area contributed by atoms with Crippen molar-refractivity contribution in [2.75, 3.05) is 26.9 Å². The molecule has 0 bridgehead atoms. The first-order valence-corrected chi connectivity index (χ1v) is 5.09. The van der Waals surface area contributed by atoms with E-state index in [0.29, 0.717) is 6.61 Å². The maximum atomic E-state index is 5.27. The van der Waals surface area contributed by atoms with Gasteiger partial charge in [0.05, 0.1) is 6.61 Å². The average Bonchev–Trinajstić information content (AvgIpc) is 2.16. The molecule has 0 aromatic heterocycles. The van der Waals surface area contributed by atoms with E-state index in [9.17, 15) is 0 Å². The number of hydrogen-bond donors (Lipinski definition) is 0. The van der Waals surface area contributed by atoms with E-state index in [1.54, 1.807) is 13.2 Å². The van der Waals surface area contributed by atoms with E-state index in [1.807, 2.05) is 0 Å². The van der Waals surface area contributed by atoms with E-state index in [1.165, 1.54) is 32.1 Å². The number of unbranched alkanes of at least 4 members (excludes halogenated alkanes) is 4. The fraction of sp³-hybridized carbons (Fsp3) is 0.818. The summed E-state index contributed by atoms with van der Waals surface area (Å²) < 4.78 is 10.2. The van der Waals surface area contributed by atoms with Gasteiger partial charge in [0, 0.05) is 20.3 Å². The van der Waals surface area contributed by atoms with Gasteiger partial charge in [-0.1, -0.05) is 25.3 Å². The second-order valence-electron chi connectivity index (χ2n) is 3.12. The van der Waals surface area contributed by atoms with Gasteiger partial charge < -0.3 is 9.47 Å². The Morgan fingerprint density at radius 3 is 2.23 bits per heavy atom. The van der Waals surface area contributed by atoms with Crippen molar-refractivity contribution < 1.29 is 9.47 Å². The highest BCUT2D eigenvalue weighted by Gasteiger charge is 1.90. The molecule has 0 heterocycles. The first kappa shape index (κ1) is 12.7. The third-order valence-electron chi connectivity index (χ3n) is 1.87. The van der Waals surface area contributed by atoms with Crippen molar-refractivity contribution in [3.05, 3.63) is 12.7 Å². The van der Waals surface area contributed by atoms with Crippen LogP contribution in [0, 0.1) is 0 Å². The molecule has 0 amide bonds. The lowest BCUT2D eigenvalue weighted by Crippen LogP contribution is -1.94. The molecule has 0 aromatic rings. The van der Waals surface area contributed by atoms with Gasteiger partial charge in [0.2, 0.25) is 0 Å². The molecule has 0 saturated heterocycles. The summed E-state index contributed by atoms with van der Waals surface area (Å²) in [5, 5.41) is 0. The molecule has 0 aliphatic heterocycles. The van der Waals surface area contributed by atoms with Gasteiger partial charge in [0.15, 0.2) is 0 Å². The molecular formula is C11H22O2. The highest BCUT2D eigenvalue weighted by atomic mass is 16.5. The van der Waals surface area contributed by atoms with Gasteiger partial charge in [-0.15, -0.1) is 6.58 Å². The minimum absolute atomic E-state index is 0.684. The van der Waals surface area contributed by atoms with Crippen molar-refractivity contribution in [2.45, 2.75) is 32.1 Å². The van der Waals surface area contributed by atoms with Crippen LogP contribution in [0.25, 0.3) is 0 Å². The Kier molecular flexibility index (Phi) is 11.4. The van der Waals surface area contributed by atoms with E-state index < -0.39 is 0 Å². The number of methoxy groups -OCH3 is 1. The fourth-order valence-electron chi connectivity index (χ4n) is 1.15. The molecule has 0 saturated carbocycles. The van der Waals surface area contributed by atoms with Gasteiger partial charge in [-0.05, 0) is 12.8 Å². The molecule has 0 fully saturated rings. The molecule has 0 aromatic carbocycles. The van der Waals surface area contributed by atoms with Crippen molar-refractivity contribution in [2.24, 2.45) is 0 Å². The van der Waals surface area contributed by atoms with Crippen LogP contribution in [0.4, 0.5) is 0 Å². The summed E-state index contributed by atoms with van der Waals surface area (Å²) in [7, 11) is 1.75. The zero-order chi connectivity index (χ0) is 9.78. The zero-order valence-corrected chi connectivity index (χ0v) is 8.76. The molecule has 2 nitrogen and oxygen atoms in total. The zero-order valence-electron chi connectivity index (χ0n) is 8.76. The second kappa shape index (κ2) is 11.7. The molecule has 0 radical (unpaired) electrons. The second-order valence-corrected chi connectivity index (χ2v) is 3.12. The monoisotopic (exact) mass is 186 g/mol. The lowest BCUT2D eigenvalue weighted by Gasteiger charge is -2.01. The van der Waals surface area contributed by atoms with Crippen LogP contribution in [0.15, 0.2) is 12.7 Å². The van der Waals surface area contributed by atoms with Crippen LogP contribution in [0.2, 0.25) is 0 Å².